The smallest absolute Gasteiger partial charge is 0.119 e. The molecule has 2 aliphatic carbocycles. The largest absolute Gasteiger partial charge is 0.491 e. The molecule has 2 aromatic rings. The molecule has 3 N–H and O–H groups in total. The number of ether oxygens (including phenoxy) is 1. The Hall–Kier alpha value is -1.88. The first-order chi connectivity index (χ1) is 13.9. The summed E-state index contributed by atoms with van der Waals surface area (Å²) in [7, 11) is 0. The first-order valence-electron chi connectivity index (χ1n) is 10.7. The molecule has 4 unspecified atom stereocenters. The Morgan fingerprint density at radius 2 is 1.86 bits per heavy atom. The van der Waals surface area contributed by atoms with E-state index in [1.807, 2.05) is 36.4 Å². The number of benzene rings is 2. The standard InChI is InChI=1S/C25H32O4/c1-3-24-17-23(2,27)25(28,19-7-5-4-6-8-19)16-20(24)10-9-18-15-21(29-14-13-26)11-12-22(18)24/h4-8,11-12,15,20,26-28H,3,9-10,13-14,16-17H2,1-2H3. The Morgan fingerprint density at radius 3 is 2.55 bits per heavy atom. The van der Waals surface area contributed by atoms with Gasteiger partial charge in [0.25, 0.3) is 0 Å². The summed E-state index contributed by atoms with van der Waals surface area (Å²) < 4.78 is 5.62. The van der Waals surface area contributed by atoms with E-state index in [1.54, 1.807) is 6.92 Å². The lowest BCUT2D eigenvalue weighted by atomic mass is 9.49. The molecule has 4 atom stereocenters. The third-order valence-corrected chi connectivity index (χ3v) is 7.49. The fourth-order valence-electron chi connectivity index (χ4n) is 5.96. The summed E-state index contributed by atoms with van der Waals surface area (Å²) in [5.41, 5.74) is 0.699. The highest BCUT2D eigenvalue weighted by atomic mass is 16.5. The highest BCUT2D eigenvalue weighted by Crippen LogP contribution is 2.60. The van der Waals surface area contributed by atoms with E-state index in [-0.39, 0.29) is 12.0 Å². The van der Waals surface area contributed by atoms with Crippen molar-refractivity contribution in [3.63, 3.8) is 0 Å². The minimum absolute atomic E-state index is 0.001000. The van der Waals surface area contributed by atoms with Gasteiger partial charge >= 0.3 is 0 Å². The zero-order valence-corrected chi connectivity index (χ0v) is 17.4. The predicted molar refractivity (Wildman–Crippen MR) is 113 cm³/mol. The van der Waals surface area contributed by atoms with Gasteiger partial charge in [0.05, 0.1) is 12.2 Å². The topological polar surface area (TPSA) is 69.9 Å². The molecule has 0 heterocycles. The van der Waals surface area contributed by atoms with Crippen molar-refractivity contribution in [3.8, 4) is 5.75 Å². The van der Waals surface area contributed by atoms with Gasteiger partial charge in [-0.2, -0.15) is 0 Å². The van der Waals surface area contributed by atoms with Crippen LogP contribution in [0.3, 0.4) is 0 Å². The Morgan fingerprint density at radius 1 is 1.10 bits per heavy atom. The lowest BCUT2D eigenvalue weighted by Gasteiger charge is -2.59. The maximum absolute atomic E-state index is 11.7. The molecule has 4 rings (SSSR count). The van der Waals surface area contributed by atoms with Crippen LogP contribution in [0.15, 0.2) is 48.5 Å². The van der Waals surface area contributed by atoms with Crippen molar-refractivity contribution in [1.82, 2.24) is 0 Å². The molecular weight excluding hydrogens is 364 g/mol. The fourth-order valence-corrected chi connectivity index (χ4v) is 5.96. The molecule has 0 amide bonds. The van der Waals surface area contributed by atoms with Crippen LogP contribution in [-0.4, -0.2) is 34.1 Å². The minimum Gasteiger partial charge on any atom is -0.491 e. The first kappa shape index (κ1) is 20.4. The SMILES string of the molecule is CCC12CC(C)(O)C(O)(c3ccccc3)CC1CCc1cc(OCCO)ccc12. The van der Waals surface area contributed by atoms with Crippen molar-refractivity contribution in [2.24, 2.45) is 5.92 Å². The summed E-state index contributed by atoms with van der Waals surface area (Å²) in [5, 5.41) is 32.3. The van der Waals surface area contributed by atoms with Gasteiger partial charge in [-0.1, -0.05) is 43.3 Å². The van der Waals surface area contributed by atoms with Gasteiger partial charge in [-0.25, -0.2) is 0 Å². The van der Waals surface area contributed by atoms with Crippen molar-refractivity contribution < 1.29 is 20.1 Å². The van der Waals surface area contributed by atoms with Gasteiger partial charge in [0.1, 0.15) is 18.0 Å². The summed E-state index contributed by atoms with van der Waals surface area (Å²) >= 11 is 0. The molecule has 0 bridgehead atoms. The molecule has 0 aromatic heterocycles. The number of fused-ring (bicyclic) bond motifs is 3. The lowest BCUT2D eigenvalue weighted by molar-refractivity contribution is -0.205. The highest BCUT2D eigenvalue weighted by Gasteiger charge is 2.60. The average molecular weight is 397 g/mol. The third kappa shape index (κ3) is 3.18. The number of aliphatic hydroxyl groups excluding tert-OH is 1. The van der Waals surface area contributed by atoms with E-state index in [2.05, 4.69) is 19.1 Å². The number of hydrogen-bond acceptors (Lipinski definition) is 4. The summed E-state index contributed by atoms with van der Waals surface area (Å²) in [4.78, 5) is 0. The molecule has 0 spiro atoms. The Labute approximate surface area is 173 Å². The van der Waals surface area contributed by atoms with Crippen LogP contribution < -0.4 is 4.74 Å². The molecule has 0 saturated heterocycles. The summed E-state index contributed by atoms with van der Waals surface area (Å²) in [6.07, 6.45) is 3.92. The van der Waals surface area contributed by atoms with E-state index >= 15 is 0 Å². The van der Waals surface area contributed by atoms with E-state index in [4.69, 9.17) is 9.84 Å². The van der Waals surface area contributed by atoms with Gasteiger partial charge in [-0.15, -0.1) is 0 Å². The van der Waals surface area contributed by atoms with Gasteiger partial charge < -0.3 is 20.1 Å². The summed E-state index contributed by atoms with van der Waals surface area (Å²) in [6, 6.07) is 15.8. The van der Waals surface area contributed by atoms with E-state index in [0.29, 0.717) is 25.4 Å². The van der Waals surface area contributed by atoms with Crippen LogP contribution in [0.25, 0.3) is 0 Å². The summed E-state index contributed by atoms with van der Waals surface area (Å²) in [5.74, 6) is 1.08. The van der Waals surface area contributed by atoms with Crippen LogP contribution in [0.5, 0.6) is 5.75 Å². The quantitative estimate of drug-likeness (QED) is 0.721. The molecule has 29 heavy (non-hydrogen) atoms. The van der Waals surface area contributed by atoms with Crippen LogP contribution in [0.1, 0.15) is 56.2 Å². The second-order valence-electron chi connectivity index (χ2n) is 9.02. The van der Waals surface area contributed by atoms with Crippen molar-refractivity contribution in [2.45, 2.75) is 62.6 Å². The zero-order chi connectivity index (χ0) is 20.7. The normalized spacial score (nSPS) is 33.6. The molecule has 2 aromatic carbocycles. The third-order valence-electron chi connectivity index (χ3n) is 7.49. The number of aryl methyl sites for hydroxylation is 1. The lowest BCUT2D eigenvalue weighted by Crippen LogP contribution is -2.62. The van der Waals surface area contributed by atoms with E-state index in [9.17, 15) is 10.2 Å². The second kappa shape index (κ2) is 7.42. The van der Waals surface area contributed by atoms with Gasteiger partial charge in [-0.3, -0.25) is 0 Å². The van der Waals surface area contributed by atoms with Gasteiger partial charge in [0.2, 0.25) is 0 Å². The molecule has 1 saturated carbocycles. The van der Waals surface area contributed by atoms with Crippen molar-refractivity contribution in [2.75, 3.05) is 13.2 Å². The molecule has 0 aliphatic heterocycles. The number of aliphatic hydroxyl groups is 3. The van der Waals surface area contributed by atoms with E-state index in [0.717, 1.165) is 30.6 Å². The Balaban J connectivity index is 1.74. The van der Waals surface area contributed by atoms with Crippen molar-refractivity contribution >= 4 is 0 Å². The second-order valence-corrected chi connectivity index (χ2v) is 9.02. The predicted octanol–water partition coefficient (Wildman–Crippen LogP) is 3.70. The molecular formula is C25H32O4. The van der Waals surface area contributed by atoms with Crippen molar-refractivity contribution in [1.29, 1.82) is 0 Å². The maximum atomic E-state index is 11.7. The Kier molecular flexibility index (Phi) is 5.22. The van der Waals surface area contributed by atoms with E-state index < -0.39 is 11.2 Å². The van der Waals surface area contributed by atoms with E-state index in [1.165, 1.54) is 11.1 Å². The van der Waals surface area contributed by atoms with Gasteiger partial charge in [0, 0.05) is 5.41 Å². The van der Waals surface area contributed by atoms with Crippen LogP contribution >= 0.6 is 0 Å². The highest BCUT2D eigenvalue weighted by molar-refractivity contribution is 5.45. The number of rotatable bonds is 5. The fraction of sp³-hybridized carbons (Fsp3) is 0.520. The van der Waals surface area contributed by atoms with Crippen LogP contribution in [-0.2, 0) is 17.4 Å². The maximum Gasteiger partial charge on any atom is 0.119 e. The van der Waals surface area contributed by atoms with Crippen molar-refractivity contribution in [3.05, 3.63) is 65.2 Å². The molecule has 0 radical (unpaired) electrons. The molecule has 4 heteroatoms. The number of hydrogen-bond donors (Lipinski definition) is 3. The Bertz CT molecular complexity index is 862. The van der Waals surface area contributed by atoms with Crippen LogP contribution in [0, 0.1) is 5.92 Å². The monoisotopic (exact) mass is 396 g/mol. The van der Waals surface area contributed by atoms with Gasteiger partial charge in [-0.05, 0) is 73.8 Å². The summed E-state index contributed by atoms with van der Waals surface area (Å²) in [6.45, 7) is 4.28. The van der Waals surface area contributed by atoms with Crippen LogP contribution in [0.4, 0.5) is 0 Å². The van der Waals surface area contributed by atoms with Gasteiger partial charge in [0.15, 0.2) is 0 Å². The molecule has 4 nitrogen and oxygen atoms in total. The molecule has 1 fully saturated rings. The zero-order valence-electron chi connectivity index (χ0n) is 17.4. The molecule has 2 aliphatic rings. The van der Waals surface area contributed by atoms with Crippen LogP contribution in [0.2, 0.25) is 0 Å². The molecule has 156 valence electrons. The first-order valence-corrected chi connectivity index (χ1v) is 10.7. The average Bonchev–Trinajstić information content (AvgIpc) is 2.73. The minimum atomic E-state index is -1.25.